The maximum Gasteiger partial charge on any atom is 0.242 e. The summed E-state index contributed by atoms with van der Waals surface area (Å²) in [5.41, 5.74) is 2.76. The molecule has 22 heavy (non-hydrogen) atoms. The number of carbonyl (C=O) groups excluding carboxylic acids is 1. The van der Waals surface area contributed by atoms with Gasteiger partial charge in [-0.3, -0.25) is 4.79 Å². The van der Waals surface area contributed by atoms with E-state index in [0.29, 0.717) is 0 Å². The minimum absolute atomic E-state index is 0.0530. The van der Waals surface area contributed by atoms with Gasteiger partial charge in [0.2, 0.25) is 5.91 Å². The standard InChI is InChI=1S/C16H18N4OS/c1-10(2)18-14(21)9-20-16-15(11(3)19-20)12(6-7-17-16)13-5-4-8-22-13/h4-8,10H,9H2,1-3H3,(H,18,21). The van der Waals surface area contributed by atoms with Crippen LogP contribution < -0.4 is 5.32 Å². The molecule has 0 unspecified atom stereocenters. The monoisotopic (exact) mass is 314 g/mol. The van der Waals surface area contributed by atoms with E-state index in [4.69, 9.17) is 0 Å². The summed E-state index contributed by atoms with van der Waals surface area (Å²) in [6.07, 6.45) is 1.77. The highest BCUT2D eigenvalue weighted by Gasteiger charge is 2.16. The summed E-state index contributed by atoms with van der Waals surface area (Å²) >= 11 is 1.69. The van der Waals surface area contributed by atoms with Gasteiger partial charge in [0.25, 0.3) is 0 Å². The Bertz CT molecular complexity index is 805. The molecule has 0 spiro atoms. The van der Waals surface area contributed by atoms with Crippen molar-refractivity contribution in [1.82, 2.24) is 20.1 Å². The number of nitrogens with one attached hydrogen (secondary N) is 1. The molecule has 0 saturated carbocycles. The molecular weight excluding hydrogens is 296 g/mol. The van der Waals surface area contributed by atoms with Crippen molar-refractivity contribution in [2.24, 2.45) is 0 Å². The fraction of sp³-hybridized carbons (Fsp3) is 0.312. The van der Waals surface area contributed by atoms with Crippen molar-refractivity contribution >= 4 is 28.3 Å². The molecule has 1 amide bonds. The van der Waals surface area contributed by atoms with E-state index in [0.717, 1.165) is 22.3 Å². The van der Waals surface area contributed by atoms with E-state index in [1.165, 1.54) is 4.88 Å². The molecule has 0 saturated heterocycles. The zero-order valence-corrected chi connectivity index (χ0v) is 13.6. The van der Waals surface area contributed by atoms with Gasteiger partial charge < -0.3 is 5.32 Å². The van der Waals surface area contributed by atoms with E-state index >= 15 is 0 Å². The molecule has 0 aliphatic heterocycles. The van der Waals surface area contributed by atoms with Crippen molar-refractivity contribution in [3.8, 4) is 10.4 Å². The van der Waals surface area contributed by atoms with Crippen molar-refractivity contribution < 1.29 is 4.79 Å². The van der Waals surface area contributed by atoms with Gasteiger partial charge in [-0.1, -0.05) is 6.07 Å². The Hall–Kier alpha value is -2.21. The van der Waals surface area contributed by atoms with E-state index in [-0.39, 0.29) is 18.5 Å². The lowest BCUT2D eigenvalue weighted by Crippen LogP contribution is -2.33. The Kier molecular flexibility index (Phi) is 3.94. The number of hydrogen-bond acceptors (Lipinski definition) is 4. The Morgan fingerprint density at radius 3 is 2.91 bits per heavy atom. The van der Waals surface area contributed by atoms with Crippen LogP contribution in [-0.4, -0.2) is 26.7 Å². The first-order valence-electron chi connectivity index (χ1n) is 7.21. The zero-order valence-electron chi connectivity index (χ0n) is 12.8. The van der Waals surface area contributed by atoms with Crippen LogP contribution in [0.15, 0.2) is 29.8 Å². The molecule has 3 aromatic rings. The minimum Gasteiger partial charge on any atom is -0.352 e. The molecule has 5 nitrogen and oxygen atoms in total. The Labute approximate surface area is 133 Å². The van der Waals surface area contributed by atoms with Gasteiger partial charge in [0.1, 0.15) is 6.54 Å². The number of pyridine rings is 1. The maximum absolute atomic E-state index is 12.0. The van der Waals surface area contributed by atoms with E-state index in [1.54, 1.807) is 22.2 Å². The van der Waals surface area contributed by atoms with E-state index in [9.17, 15) is 4.79 Å². The third-order valence-electron chi connectivity index (χ3n) is 3.34. The molecule has 6 heteroatoms. The molecule has 0 aliphatic rings. The van der Waals surface area contributed by atoms with Crippen LogP contribution in [0.2, 0.25) is 0 Å². The normalized spacial score (nSPS) is 11.3. The van der Waals surface area contributed by atoms with Gasteiger partial charge in [0.05, 0.1) is 11.1 Å². The number of rotatable bonds is 4. The lowest BCUT2D eigenvalue weighted by atomic mass is 10.1. The SMILES string of the molecule is Cc1nn(CC(=O)NC(C)C)c2nccc(-c3cccs3)c12. The topological polar surface area (TPSA) is 59.8 Å². The van der Waals surface area contributed by atoms with Crippen LogP contribution in [0.25, 0.3) is 21.5 Å². The van der Waals surface area contributed by atoms with Crippen molar-refractivity contribution in [2.75, 3.05) is 0 Å². The molecule has 3 heterocycles. The number of aromatic nitrogens is 3. The maximum atomic E-state index is 12.0. The summed E-state index contributed by atoms with van der Waals surface area (Å²) in [7, 11) is 0. The van der Waals surface area contributed by atoms with E-state index in [1.807, 2.05) is 32.9 Å². The molecule has 3 aromatic heterocycles. The van der Waals surface area contributed by atoms with Gasteiger partial charge >= 0.3 is 0 Å². The number of aryl methyl sites for hydroxylation is 1. The second kappa shape index (κ2) is 5.88. The van der Waals surface area contributed by atoms with Gasteiger partial charge in [-0.2, -0.15) is 5.10 Å². The van der Waals surface area contributed by atoms with E-state index in [2.05, 4.69) is 26.8 Å². The van der Waals surface area contributed by atoms with Gasteiger partial charge in [0, 0.05) is 22.7 Å². The average Bonchev–Trinajstić information content (AvgIpc) is 3.07. The molecule has 0 atom stereocenters. The third kappa shape index (κ3) is 2.74. The summed E-state index contributed by atoms with van der Waals surface area (Å²) in [4.78, 5) is 17.6. The van der Waals surface area contributed by atoms with Crippen LogP contribution in [-0.2, 0) is 11.3 Å². The quantitative estimate of drug-likeness (QED) is 0.805. The zero-order chi connectivity index (χ0) is 15.7. The molecule has 0 radical (unpaired) electrons. The number of carbonyl (C=O) groups is 1. The van der Waals surface area contributed by atoms with Crippen molar-refractivity contribution in [2.45, 2.75) is 33.4 Å². The van der Waals surface area contributed by atoms with Crippen LogP contribution in [0.5, 0.6) is 0 Å². The summed E-state index contributed by atoms with van der Waals surface area (Å²) < 4.78 is 1.68. The number of fused-ring (bicyclic) bond motifs is 1. The fourth-order valence-electron chi connectivity index (χ4n) is 2.53. The van der Waals surface area contributed by atoms with Gasteiger partial charge in [-0.25, -0.2) is 9.67 Å². The smallest absolute Gasteiger partial charge is 0.242 e. The number of amides is 1. The molecule has 0 fully saturated rings. The average molecular weight is 314 g/mol. The second-order valence-corrected chi connectivity index (χ2v) is 6.45. The van der Waals surface area contributed by atoms with Crippen LogP contribution >= 0.6 is 11.3 Å². The van der Waals surface area contributed by atoms with E-state index < -0.39 is 0 Å². The Balaban J connectivity index is 2.04. The number of thiophene rings is 1. The predicted octanol–water partition coefficient (Wildman–Crippen LogP) is 2.99. The van der Waals surface area contributed by atoms with Gasteiger partial charge in [-0.05, 0) is 38.3 Å². The highest BCUT2D eigenvalue weighted by molar-refractivity contribution is 7.13. The first kappa shape index (κ1) is 14.7. The van der Waals surface area contributed by atoms with Gasteiger partial charge in [0.15, 0.2) is 5.65 Å². The highest BCUT2D eigenvalue weighted by atomic mass is 32.1. The molecule has 114 valence electrons. The number of nitrogens with zero attached hydrogens (tertiary/aromatic N) is 3. The second-order valence-electron chi connectivity index (χ2n) is 5.50. The number of hydrogen-bond donors (Lipinski definition) is 1. The molecule has 0 bridgehead atoms. The summed E-state index contributed by atoms with van der Waals surface area (Å²) in [5.74, 6) is -0.0530. The third-order valence-corrected chi connectivity index (χ3v) is 4.24. The van der Waals surface area contributed by atoms with Crippen LogP contribution in [0.1, 0.15) is 19.5 Å². The molecule has 3 rings (SSSR count). The van der Waals surface area contributed by atoms with Crippen LogP contribution in [0.4, 0.5) is 0 Å². The Morgan fingerprint density at radius 1 is 1.41 bits per heavy atom. The summed E-state index contributed by atoms with van der Waals surface area (Å²) in [6, 6.07) is 6.23. The highest BCUT2D eigenvalue weighted by Crippen LogP contribution is 2.32. The van der Waals surface area contributed by atoms with Crippen LogP contribution in [0, 0.1) is 6.92 Å². The van der Waals surface area contributed by atoms with Crippen molar-refractivity contribution in [3.05, 3.63) is 35.5 Å². The predicted molar refractivity (Wildman–Crippen MR) is 88.9 cm³/mol. The van der Waals surface area contributed by atoms with Crippen molar-refractivity contribution in [1.29, 1.82) is 0 Å². The lowest BCUT2D eigenvalue weighted by molar-refractivity contribution is -0.122. The molecule has 0 aliphatic carbocycles. The first-order chi connectivity index (χ1) is 10.6. The van der Waals surface area contributed by atoms with Crippen LogP contribution in [0.3, 0.4) is 0 Å². The first-order valence-corrected chi connectivity index (χ1v) is 8.09. The Morgan fingerprint density at radius 2 is 2.23 bits per heavy atom. The summed E-state index contributed by atoms with van der Waals surface area (Å²) in [6.45, 7) is 6.02. The minimum atomic E-state index is -0.0530. The summed E-state index contributed by atoms with van der Waals surface area (Å²) in [5, 5.41) is 10.5. The van der Waals surface area contributed by atoms with Crippen molar-refractivity contribution in [3.63, 3.8) is 0 Å². The molecule has 0 aromatic carbocycles. The largest absolute Gasteiger partial charge is 0.352 e. The molecule has 1 N–H and O–H groups in total. The fourth-order valence-corrected chi connectivity index (χ4v) is 3.29. The lowest BCUT2D eigenvalue weighted by Gasteiger charge is -2.08. The van der Waals surface area contributed by atoms with Gasteiger partial charge in [-0.15, -0.1) is 11.3 Å². The molecular formula is C16H18N4OS.